The molecule has 1 aliphatic rings. The van der Waals surface area contributed by atoms with Gasteiger partial charge in [-0.3, -0.25) is 0 Å². The Morgan fingerprint density at radius 2 is 1.79 bits per heavy atom. The van der Waals surface area contributed by atoms with E-state index in [9.17, 15) is 12.8 Å². The minimum atomic E-state index is -3.85. The number of halogens is 1. The summed E-state index contributed by atoms with van der Waals surface area (Å²) in [6.07, 6.45) is 1.40. The zero-order valence-corrected chi connectivity index (χ0v) is 13.8. The van der Waals surface area contributed by atoms with E-state index in [4.69, 9.17) is 0 Å². The van der Waals surface area contributed by atoms with Gasteiger partial charge in [-0.05, 0) is 42.8 Å². The van der Waals surface area contributed by atoms with Gasteiger partial charge >= 0.3 is 0 Å². The quantitative estimate of drug-likeness (QED) is 0.778. The molecule has 0 saturated heterocycles. The molecule has 6 heteroatoms. The number of aromatic nitrogens is 1. The van der Waals surface area contributed by atoms with Crippen molar-refractivity contribution in [2.45, 2.75) is 17.7 Å². The molecule has 0 bridgehead atoms. The van der Waals surface area contributed by atoms with Gasteiger partial charge in [0, 0.05) is 24.0 Å². The highest BCUT2D eigenvalue weighted by Gasteiger charge is 2.27. The van der Waals surface area contributed by atoms with Crippen LogP contribution in [0.3, 0.4) is 0 Å². The Morgan fingerprint density at radius 3 is 2.62 bits per heavy atom. The van der Waals surface area contributed by atoms with Gasteiger partial charge in [0.2, 0.25) is 0 Å². The first kappa shape index (κ1) is 15.4. The van der Waals surface area contributed by atoms with Gasteiger partial charge < -0.3 is 5.32 Å². The van der Waals surface area contributed by atoms with E-state index in [0.29, 0.717) is 11.9 Å². The van der Waals surface area contributed by atoms with Crippen LogP contribution in [0.5, 0.6) is 0 Å². The van der Waals surface area contributed by atoms with Crippen LogP contribution in [-0.4, -0.2) is 25.5 Å². The van der Waals surface area contributed by atoms with Gasteiger partial charge in [-0.1, -0.05) is 24.3 Å². The van der Waals surface area contributed by atoms with Crippen LogP contribution in [0.4, 0.5) is 4.39 Å². The van der Waals surface area contributed by atoms with E-state index in [1.165, 1.54) is 22.2 Å². The van der Waals surface area contributed by atoms with Gasteiger partial charge in [0.05, 0.1) is 10.4 Å². The summed E-state index contributed by atoms with van der Waals surface area (Å²) in [6, 6.07) is 12.7. The second-order valence-corrected chi connectivity index (χ2v) is 7.71. The number of nitrogens with zero attached hydrogens (tertiary/aromatic N) is 1. The third-order valence-corrected chi connectivity index (χ3v) is 6.21. The first-order chi connectivity index (χ1) is 11.6. The lowest BCUT2D eigenvalue weighted by Crippen LogP contribution is -2.19. The Labute approximate surface area is 140 Å². The SMILES string of the molecule is O=S(=O)(c1cccc(F)c1)n1c2c(c3ccccc31)CCNCC2. The van der Waals surface area contributed by atoms with E-state index in [-0.39, 0.29) is 4.90 Å². The number of benzene rings is 2. The molecule has 0 radical (unpaired) electrons. The van der Waals surface area contributed by atoms with Crippen molar-refractivity contribution in [1.82, 2.24) is 9.29 Å². The molecule has 0 amide bonds. The van der Waals surface area contributed by atoms with Crippen LogP contribution in [0.2, 0.25) is 0 Å². The lowest BCUT2D eigenvalue weighted by Gasteiger charge is -2.12. The molecule has 4 nitrogen and oxygen atoms in total. The zero-order chi connectivity index (χ0) is 16.7. The van der Waals surface area contributed by atoms with E-state index in [0.717, 1.165) is 42.2 Å². The normalized spacial score (nSPS) is 15.2. The second kappa shape index (κ2) is 5.72. The standard InChI is InChI=1S/C18H17FN2O2S/c19-13-4-3-5-14(12-13)24(22,23)21-17-7-2-1-6-15(17)16-8-10-20-11-9-18(16)21/h1-7,12,20H,8-11H2. The molecular formula is C18H17FN2O2S. The number of rotatable bonds is 2. The predicted octanol–water partition coefficient (Wildman–Crippen LogP) is 2.71. The Bertz CT molecular complexity index is 1020. The Kier molecular flexibility index (Phi) is 3.66. The summed E-state index contributed by atoms with van der Waals surface area (Å²) in [5, 5.41) is 4.26. The summed E-state index contributed by atoms with van der Waals surface area (Å²) >= 11 is 0. The lowest BCUT2D eigenvalue weighted by atomic mass is 10.1. The van der Waals surface area contributed by atoms with Crippen LogP contribution < -0.4 is 5.32 Å². The molecule has 1 N–H and O–H groups in total. The summed E-state index contributed by atoms with van der Waals surface area (Å²) in [4.78, 5) is -0.0248. The van der Waals surface area contributed by atoms with Crippen LogP contribution in [0.15, 0.2) is 53.4 Å². The van der Waals surface area contributed by atoms with Gasteiger partial charge in [-0.25, -0.2) is 16.8 Å². The maximum atomic E-state index is 13.6. The van der Waals surface area contributed by atoms with Crippen molar-refractivity contribution < 1.29 is 12.8 Å². The molecule has 0 spiro atoms. The topological polar surface area (TPSA) is 51.1 Å². The van der Waals surface area contributed by atoms with E-state index in [1.807, 2.05) is 24.3 Å². The fourth-order valence-electron chi connectivity index (χ4n) is 3.41. The molecule has 0 atom stereocenters. The molecule has 2 heterocycles. The molecule has 1 aromatic heterocycles. The van der Waals surface area contributed by atoms with E-state index in [1.54, 1.807) is 0 Å². The van der Waals surface area contributed by atoms with Crippen LogP contribution in [0, 0.1) is 5.82 Å². The molecule has 124 valence electrons. The summed E-state index contributed by atoms with van der Waals surface area (Å²) < 4.78 is 41.4. The minimum absolute atomic E-state index is 0.0248. The first-order valence-corrected chi connectivity index (χ1v) is 9.36. The van der Waals surface area contributed by atoms with E-state index >= 15 is 0 Å². The first-order valence-electron chi connectivity index (χ1n) is 7.92. The highest BCUT2D eigenvalue weighted by molar-refractivity contribution is 7.90. The number of para-hydroxylation sites is 1. The molecule has 2 aromatic carbocycles. The third kappa shape index (κ3) is 2.34. The fraction of sp³-hybridized carbons (Fsp3) is 0.222. The summed E-state index contributed by atoms with van der Waals surface area (Å²) in [5.41, 5.74) is 2.52. The van der Waals surface area contributed by atoms with E-state index in [2.05, 4.69) is 5.32 Å². The highest BCUT2D eigenvalue weighted by atomic mass is 32.2. The minimum Gasteiger partial charge on any atom is -0.316 e. The monoisotopic (exact) mass is 344 g/mol. The van der Waals surface area contributed by atoms with Gasteiger partial charge in [0.15, 0.2) is 0 Å². The van der Waals surface area contributed by atoms with Crippen LogP contribution in [0.25, 0.3) is 10.9 Å². The zero-order valence-electron chi connectivity index (χ0n) is 13.0. The Balaban J connectivity index is 2.04. The van der Waals surface area contributed by atoms with Crippen LogP contribution in [0.1, 0.15) is 11.3 Å². The Hall–Kier alpha value is -2.18. The van der Waals surface area contributed by atoms with Gasteiger partial charge in [-0.2, -0.15) is 0 Å². The van der Waals surface area contributed by atoms with Crippen molar-refractivity contribution >= 4 is 20.9 Å². The largest absolute Gasteiger partial charge is 0.316 e. The van der Waals surface area contributed by atoms with Crippen molar-refractivity contribution in [3.05, 3.63) is 65.6 Å². The highest BCUT2D eigenvalue weighted by Crippen LogP contribution is 2.31. The summed E-state index contributed by atoms with van der Waals surface area (Å²) in [5.74, 6) is -0.555. The molecular weight excluding hydrogens is 327 g/mol. The second-order valence-electron chi connectivity index (χ2n) is 5.92. The number of nitrogens with one attached hydrogen (secondary N) is 1. The van der Waals surface area contributed by atoms with Gasteiger partial charge in [0.25, 0.3) is 10.0 Å². The summed E-state index contributed by atoms with van der Waals surface area (Å²) in [7, 11) is -3.85. The predicted molar refractivity (Wildman–Crippen MR) is 91.2 cm³/mol. The van der Waals surface area contributed by atoms with Crippen molar-refractivity contribution in [2.75, 3.05) is 13.1 Å². The van der Waals surface area contributed by atoms with Gasteiger partial charge in [0.1, 0.15) is 5.82 Å². The van der Waals surface area contributed by atoms with Crippen molar-refractivity contribution in [1.29, 1.82) is 0 Å². The number of hydrogen-bond acceptors (Lipinski definition) is 3. The van der Waals surface area contributed by atoms with Crippen LogP contribution in [-0.2, 0) is 22.9 Å². The average molecular weight is 344 g/mol. The summed E-state index contributed by atoms with van der Waals surface area (Å²) in [6.45, 7) is 1.54. The number of fused-ring (bicyclic) bond motifs is 3. The third-order valence-electron chi connectivity index (χ3n) is 4.47. The van der Waals surface area contributed by atoms with Gasteiger partial charge in [-0.15, -0.1) is 0 Å². The lowest BCUT2D eigenvalue weighted by molar-refractivity contribution is 0.582. The fourth-order valence-corrected chi connectivity index (χ4v) is 5.05. The smallest absolute Gasteiger partial charge is 0.268 e. The molecule has 0 unspecified atom stereocenters. The van der Waals surface area contributed by atoms with Crippen molar-refractivity contribution in [2.24, 2.45) is 0 Å². The molecule has 4 rings (SSSR count). The molecule has 0 aliphatic carbocycles. The van der Waals surface area contributed by atoms with Crippen LogP contribution >= 0.6 is 0 Å². The number of hydrogen-bond donors (Lipinski definition) is 1. The maximum Gasteiger partial charge on any atom is 0.268 e. The molecule has 24 heavy (non-hydrogen) atoms. The molecule has 0 saturated carbocycles. The molecule has 0 fully saturated rings. The van der Waals surface area contributed by atoms with E-state index < -0.39 is 15.8 Å². The average Bonchev–Trinajstić information content (AvgIpc) is 2.72. The van der Waals surface area contributed by atoms with Crippen molar-refractivity contribution in [3.63, 3.8) is 0 Å². The molecule has 1 aliphatic heterocycles. The Morgan fingerprint density at radius 1 is 1.00 bits per heavy atom. The maximum absolute atomic E-state index is 13.6. The molecule has 3 aromatic rings. The van der Waals surface area contributed by atoms with Crippen molar-refractivity contribution in [3.8, 4) is 0 Å².